The predicted molar refractivity (Wildman–Crippen MR) is 81.7 cm³/mol. The van der Waals surface area contributed by atoms with Crippen molar-refractivity contribution in [1.82, 2.24) is 0 Å². The number of carboxylic acid groups (broad SMARTS) is 1. The quantitative estimate of drug-likeness (QED) is 0.881. The molecule has 2 aromatic rings. The molecule has 4 nitrogen and oxygen atoms in total. The smallest absolute Gasteiger partial charge is 0.348 e. The Bertz CT molecular complexity index is 634. The monoisotopic (exact) mass is 291 g/mol. The molecule has 0 aliphatic rings. The summed E-state index contributed by atoms with van der Waals surface area (Å²) >= 11 is 1.21. The first-order valence-corrected chi connectivity index (χ1v) is 7.28. The molecule has 0 atom stereocenters. The van der Waals surface area contributed by atoms with Gasteiger partial charge < -0.3 is 15.6 Å². The summed E-state index contributed by atoms with van der Waals surface area (Å²) in [4.78, 5) is 12.3. The summed E-state index contributed by atoms with van der Waals surface area (Å²) in [6, 6.07) is 7.62. The predicted octanol–water partition coefficient (Wildman–Crippen LogP) is 3.66. The molecule has 0 unspecified atom stereocenters. The summed E-state index contributed by atoms with van der Waals surface area (Å²) in [6.07, 6.45) is 0.686. The highest BCUT2D eigenvalue weighted by Crippen LogP contribution is 2.42. The van der Waals surface area contributed by atoms with E-state index in [-0.39, 0.29) is 4.88 Å². The lowest BCUT2D eigenvalue weighted by molar-refractivity contribution is 0.0703. The Morgan fingerprint density at radius 2 is 2.05 bits per heavy atom. The zero-order valence-corrected chi connectivity index (χ0v) is 12.3. The van der Waals surface area contributed by atoms with Crippen LogP contribution in [0.1, 0.15) is 29.1 Å². The van der Waals surface area contributed by atoms with Crippen molar-refractivity contribution in [2.75, 3.05) is 12.3 Å². The fraction of sp³-hybridized carbons (Fsp3) is 0.267. The maximum absolute atomic E-state index is 11.2. The van der Waals surface area contributed by atoms with Crippen molar-refractivity contribution < 1.29 is 14.6 Å². The van der Waals surface area contributed by atoms with Gasteiger partial charge in [-0.15, -0.1) is 11.3 Å². The summed E-state index contributed by atoms with van der Waals surface area (Å²) in [6.45, 7) is 4.45. The van der Waals surface area contributed by atoms with Gasteiger partial charge >= 0.3 is 5.97 Å². The van der Waals surface area contributed by atoms with Gasteiger partial charge in [0, 0.05) is 10.4 Å². The zero-order valence-electron chi connectivity index (χ0n) is 11.5. The molecule has 3 N–H and O–H groups in total. The van der Waals surface area contributed by atoms with Crippen molar-refractivity contribution in [2.45, 2.75) is 20.3 Å². The minimum atomic E-state index is -0.984. The van der Waals surface area contributed by atoms with E-state index < -0.39 is 5.97 Å². The molecular weight excluding hydrogens is 274 g/mol. The number of nitrogen functional groups attached to an aromatic ring is 1. The van der Waals surface area contributed by atoms with Crippen LogP contribution in [-0.2, 0) is 6.42 Å². The highest BCUT2D eigenvalue weighted by atomic mass is 32.1. The maximum Gasteiger partial charge on any atom is 0.348 e. The van der Waals surface area contributed by atoms with Crippen LogP contribution in [0.5, 0.6) is 5.75 Å². The lowest BCUT2D eigenvalue weighted by Crippen LogP contribution is -1.99. The number of hydrogen-bond acceptors (Lipinski definition) is 4. The maximum atomic E-state index is 11.2. The van der Waals surface area contributed by atoms with Gasteiger partial charge in [-0.2, -0.15) is 0 Å². The van der Waals surface area contributed by atoms with Crippen LogP contribution in [0.4, 0.5) is 5.69 Å². The summed E-state index contributed by atoms with van der Waals surface area (Å²) < 4.78 is 5.62. The average Bonchev–Trinajstić information content (AvgIpc) is 2.76. The Morgan fingerprint density at radius 3 is 2.65 bits per heavy atom. The standard InChI is InChI=1S/C15H17NO3S/c1-3-9-12(16)14(15(17)18)20-13(9)10-7-5-6-8-11(10)19-4-2/h5-8H,3-4,16H2,1-2H3,(H,17,18). The molecule has 0 saturated heterocycles. The van der Waals surface area contributed by atoms with Crippen LogP contribution >= 0.6 is 11.3 Å². The van der Waals surface area contributed by atoms with Gasteiger partial charge in [0.05, 0.1) is 12.3 Å². The van der Waals surface area contributed by atoms with Crippen LogP contribution < -0.4 is 10.5 Å². The van der Waals surface area contributed by atoms with E-state index in [1.54, 1.807) is 0 Å². The minimum Gasteiger partial charge on any atom is -0.493 e. The molecule has 0 aliphatic heterocycles. The summed E-state index contributed by atoms with van der Waals surface area (Å²) in [5.41, 5.74) is 8.11. The van der Waals surface area contributed by atoms with Gasteiger partial charge in [0.1, 0.15) is 10.6 Å². The van der Waals surface area contributed by atoms with Crippen LogP contribution in [0, 0.1) is 0 Å². The second-order valence-corrected chi connectivity index (χ2v) is 5.26. The lowest BCUT2D eigenvalue weighted by atomic mass is 10.1. The molecule has 0 aliphatic carbocycles. The molecule has 0 saturated carbocycles. The normalized spacial score (nSPS) is 10.5. The Kier molecular flexibility index (Phi) is 4.29. The highest BCUT2D eigenvalue weighted by molar-refractivity contribution is 7.18. The van der Waals surface area contributed by atoms with E-state index in [0.717, 1.165) is 21.8 Å². The average molecular weight is 291 g/mol. The number of carboxylic acids is 1. The largest absolute Gasteiger partial charge is 0.493 e. The molecule has 106 valence electrons. The number of anilines is 1. The number of nitrogens with two attached hydrogens (primary N) is 1. The van der Waals surface area contributed by atoms with E-state index in [9.17, 15) is 9.90 Å². The van der Waals surface area contributed by atoms with Crippen LogP contribution in [0.2, 0.25) is 0 Å². The van der Waals surface area contributed by atoms with Gasteiger partial charge in [-0.3, -0.25) is 0 Å². The van der Waals surface area contributed by atoms with E-state index in [4.69, 9.17) is 10.5 Å². The number of ether oxygens (including phenoxy) is 1. The topological polar surface area (TPSA) is 72.5 Å². The minimum absolute atomic E-state index is 0.197. The van der Waals surface area contributed by atoms with Gasteiger partial charge in [0.2, 0.25) is 0 Å². The van der Waals surface area contributed by atoms with Crippen LogP contribution in [0.25, 0.3) is 10.4 Å². The zero-order chi connectivity index (χ0) is 14.7. The molecule has 1 aromatic heterocycles. The van der Waals surface area contributed by atoms with Crippen molar-refractivity contribution in [3.8, 4) is 16.2 Å². The van der Waals surface area contributed by atoms with Crippen LogP contribution in [0.3, 0.4) is 0 Å². The Balaban J connectivity index is 2.63. The second-order valence-electron chi connectivity index (χ2n) is 4.24. The van der Waals surface area contributed by atoms with E-state index in [0.29, 0.717) is 18.7 Å². The van der Waals surface area contributed by atoms with E-state index in [2.05, 4.69) is 0 Å². The first-order chi connectivity index (χ1) is 9.60. The van der Waals surface area contributed by atoms with Gasteiger partial charge in [0.15, 0.2) is 0 Å². The molecule has 0 bridgehead atoms. The molecule has 0 spiro atoms. The Hall–Kier alpha value is -2.01. The second kappa shape index (κ2) is 5.96. The number of aromatic carboxylic acids is 1. The number of rotatable bonds is 5. The Labute approximate surface area is 121 Å². The number of para-hydroxylation sites is 1. The van der Waals surface area contributed by atoms with Crippen molar-refractivity contribution >= 4 is 23.0 Å². The first kappa shape index (κ1) is 14.4. The van der Waals surface area contributed by atoms with Gasteiger partial charge in [-0.05, 0) is 31.0 Å². The number of hydrogen-bond donors (Lipinski definition) is 2. The highest BCUT2D eigenvalue weighted by Gasteiger charge is 2.21. The van der Waals surface area contributed by atoms with E-state index >= 15 is 0 Å². The molecule has 20 heavy (non-hydrogen) atoms. The Morgan fingerprint density at radius 1 is 1.35 bits per heavy atom. The number of carbonyl (C=O) groups is 1. The van der Waals surface area contributed by atoms with Crippen molar-refractivity contribution in [3.05, 3.63) is 34.7 Å². The third kappa shape index (κ3) is 2.49. The fourth-order valence-electron chi connectivity index (χ4n) is 2.14. The van der Waals surface area contributed by atoms with Crippen molar-refractivity contribution in [3.63, 3.8) is 0 Å². The van der Waals surface area contributed by atoms with Gasteiger partial charge in [-0.1, -0.05) is 19.1 Å². The summed E-state index contributed by atoms with van der Waals surface area (Å²) in [5.74, 6) is -0.231. The molecule has 1 heterocycles. The third-order valence-corrected chi connectivity index (χ3v) is 4.30. The first-order valence-electron chi connectivity index (χ1n) is 6.46. The van der Waals surface area contributed by atoms with Gasteiger partial charge in [0.25, 0.3) is 0 Å². The number of thiophene rings is 1. The van der Waals surface area contributed by atoms with Crippen molar-refractivity contribution in [2.24, 2.45) is 0 Å². The SMILES string of the molecule is CCOc1ccccc1-c1sc(C(=O)O)c(N)c1CC. The van der Waals surface area contributed by atoms with Crippen molar-refractivity contribution in [1.29, 1.82) is 0 Å². The van der Waals surface area contributed by atoms with Gasteiger partial charge in [-0.25, -0.2) is 4.79 Å². The van der Waals surface area contributed by atoms with E-state index in [1.165, 1.54) is 11.3 Å². The van der Waals surface area contributed by atoms with Crippen LogP contribution in [0.15, 0.2) is 24.3 Å². The van der Waals surface area contributed by atoms with E-state index in [1.807, 2.05) is 38.1 Å². The molecule has 1 aromatic carbocycles. The third-order valence-electron chi connectivity index (χ3n) is 3.03. The molecule has 0 fully saturated rings. The summed E-state index contributed by atoms with van der Waals surface area (Å²) in [7, 11) is 0. The van der Waals surface area contributed by atoms with Crippen LogP contribution in [-0.4, -0.2) is 17.7 Å². The molecule has 2 rings (SSSR count). The molecular formula is C15H17NO3S. The molecule has 0 radical (unpaired) electrons. The molecule has 5 heteroatoms. The molecule has 0 amide bonds. The number of benzene rings is 1. The fourth-order valence-corrected chi connectivity index (χ4v) is 3.32. The summed E-state index contributed by atoms with van der Waals surface area (Å²) in [5, 5.41) is 9.22. The lowest BCUT2D eigenvalue weighted by Gasteiger charge is -2.10.